The number of nitrogens with one attached hydrogen (secondary N) is 1. The number of hydrogen-bond acceptors (Lipinski definition) is 5. The summed E-state index contributed by atoms with van der Waals surface area (Å²) in [7, 11) is -3.45. The maximum absolute atomic E-state index is 12.1. The van der Waals surface area contributed by atoms with Crippen molar-refractivity contribution < 1.29 is 17.9 Å². The molecule has 7 heteroatoms. The largest absolute Gasteiger partial charge is 0.462 e. The standard InChI is InChI=1S/C14H23NO4S2/c1-6-19-14(16)12-10(4)11(5)20-13(12)15-21(17,18)8-7-9(2)3/h9,15H,6-8H2,1-5H3. The second-order valence-corrected chi connectivity index (χ2v) is 8.38. The van der Waals surface area contributed by atoms with Crippen LogP contribution in [-0.4, -0.2) is 26.7 Å². The van der Waals surface area contributed by atoms with Gasteiger partial charge >= 0.3 is 5.97 Å². The predicted molar refractivity (Wildman–Crippen MR) is 86.6 cm³/mol. The van der Waals surface area contributed by atoms with Gasteiger partial charge < -0.3 is 4.74 Å². The molecule has 0 radical (unpaired) electrons. The van der Waals surface area contributed by atoms with E-state index in [0.717, 1.165) is 10.4 Å². The van der Waals surface area contributed by atoms with Crippen molar-refractivity contribution in [2.24, 2.45) is 5.92 Å². The Labute approximate surface area is 130 Å². The summed E-state index contributed by atoms with van der Waals surface area (Å²) in [6, 6.07) is 0. The Bertz CT molecular complexity index is 603. The first-order chi connectivity index (χ1) is 9.68. The quantitative estimate of drug-likeness (QED) is 0.777. The zero-order valence-corrected chi connectivity index (χ0v) is 14.8. The molecule has 0 amide bonds. The summed E-state index contributed by atoms with van der Waals surface area (Å²) in [5, 5.41) is 0.354. The van der Waals surface area contributed by atoms with Crippen LogP contribution in [0.1, 0.15) is 48.0 Å². The molecule has 5 nitrogen and oxygen atoms in total. The van der Waals surface area contributed by atoms with E-state index in [1.807, 2.05) is 20.8 Å². The Hall–Kier alpha value is -1.08. The Morgan fingerprint density at radius 2 is 1.95 bits per heavy atom. The van der Waals surface area contributed by atoms with Gasteiger partial charge in [-0.25, -0.2) is 13.2 Å². The molecule has 0 aromatic carbocycles. The van der Waals surface area contributed by atoms with Crippen LogP contribution in [0.2, 0.25) is 0 Å². The highest BCUT2D eigenvalue weighted by Gasteiger charge is 2.23. The number of rotatable bonds is 7. The molecule has 0 fully saturated rings. The van der Waals surface area contributed by atoms with Crippen molar-refractivity contribution in [2.75, 3.05) is 17.1 Å². The highest BCUT2D eigenvalue weighted by Crippen LogP contribution is 2.33. The molecule has 120 valence electrons. The van der Waals surface area contributed by atoms with Crippen molar-refractivity contribution in [3.8, 4) is 0 Å². The Balaban J connectivity index is 3.03. The number of anilines is 1. The zero-order valence-electron chi connectivity index (χ0n) is 13.1. The van der Waals surface area contributed by atoms with Gasteiger partial charge in [-0.3, -0.25) is 4.72 Å². The Kier molecular flexibility index (Phi) is 6.22. The van der Waals surface area contributed by atoms with E-state index in [1.54, 1.807) is 13.8 Å². The molecule has 21 heavy (non-hydrogen) atoms. The Morgan fingerprint density at radius 1 is 1.33 bits per heavy atom. The van der Waals surface area contributed by atoms with Crippen LogP contribution in [0.3, 0.4) is 0 Å². The smallest absolute Gasteiger partial charge is 0.341 e. The van der Waals surface area contributed by atoms with Gasteiger partial charge in [-0.1, -0.05) is 13.8 Å². The molecule has 1 aromatic heterocycles. The van der Waals surface area contributed by atoms with E-state index in [1.165, 1.54) is 11.3 Å². The van der Waals surface area contributed by atoms with E-state index in [0.29, 0.717) is 22.9 Å². The molecule has 0 aliphatic heterocycles. The summed E-state index contributed by atoms with van der Waals surface area (Å²) in [6.07, 6.45) is 0.577. The van der Waals surface area contributed by atoms with Gasteiger partial charge in [-0.2, -0.15) is 0 Å². The minimum Gasteiger partial charge on any atom is -0.462 e. The molecule has 0 bridgehead atoms. The van der Waals surface area contributed by atoms with Crippen LogP contribution in [0.15, 0.2) is 0 Å². The minimum absolute atomic E-state index is 0.0446. The van der Waals surface area contributed by atoms with Crippen LogP contribution in [-0.2, 0) is 14.8 Å². The normalized spacial score (nSPS) is 11.7. The highest BCUT2D eigenvalue weighted by atomic mass is 32.2. The molecule has 0 saturated carbocycles. The van der Waals surface area contributed by atoms with E-state index in [9.17, 15) is 13.2 Å². The second-order valence-electron chi connectivity index (χ2n) is 5.31. The van der Waals surface area contributed by atoms with E-state index in [4.69, 9.17) is 4.74 Å². The fraction of sp³-hybridized carbons (Fsp3) is 0.643. The lowest BCUT2D eigenvalue weighted by molar-refractivity contribution is 0.0527. The van der Waals surface area contributed by atoms with E-state index in [-0.39, 0.29) is 12.4 Å². The summed E-state index contributed by atoms with van der Waals surface area (Å²) >= 11 is 1.27. The lowest BCUT2D eigenvalue weighted by Crippen LogP contribution is -2.19. The molecule has 0 aliphatic rings. The number of thiophene rings is 1. The van der Waals surface area contributed by atoms with Crippen LogP contribution in [0, 0.1) is 19.8 Å². The number of aryl methyl sites for hydroxylation is 1. The van der Waals surface area contributed by atoms with Gasteiger partial charge in [0, 0.05) is 4.88 Å². The summed E-state index contributed by atoms with van der Waals surface area (Å²) < 4.78 is 31.7. The van der Waals surface area contributed by atoms with Crippen molar-refractivity contribution in [3.05, 3.63) is 16.0 Å². The first-order valence-corrected chi connectivity index (χ1v) is 9.42. The maximum atomic E-state index is 12.1. The van der Waals surface area contributed by atoms with Crippen molar-refractivity contribution in [1.29, 1.82) is 0 Å². The number of esters is 1. The lowest BCUT2D eigenvalue weighted by atomic mass is 10.2. The molecule has 1 heterocycles. The molecule has 0 spiro atoms. The fourth-order valence-corrected chi connectivity index (χ4v) is 4.45. The summed E-state index contributed by atoms with van der Waals surface area (Å²) in [4.78, 5) is 12.9. The van der Waals surface area contributed by atoms with E-state index < -0.39 is 16.0 Å². The molecule has 1 rings (SSSR count). The molecule has 0 aliphatic carbocycles. The van der Waals surface area contributed by atoms with Gasteiger partial charge in [0.25, 0.3) is 0 Å². The molecule has 0 saturated heterocycles. The molecule has 0 atom stereocenters. The third kappa shape index (κ3) is 5.00. The van der Waals surface area contributed by atoms with Gasteiger partial charge in [0.2, 0.25) is 10.0 Å². The van der Waals surface area contributed by atoms with Crippen LogP contribution >= 0.6 is 11.3 Å². The summed E-state index contributed by atoms with van der Waals surface area (Å²) in [5.74, 6) is -0.137. The monoisotopic (exact) mass is 333 g/mol. The molecule has 1 aromatic rings. The van der Waals surface area contributed by atoms with Gasteiger partial charge in [0.15, 0.2) is 0 Å². The van der Waals surface area contributed by atoms with Crippen LogP contribution in [0.4, 0.5) is 5.00 Å². The maximum Gasteiger partial charge on any atom is 0.341 e. The first kappa shape index (κ1) is 18.0. The van der Waals surface area contributed by atoms with Crippen molar-refractivity contribution in [1.82, 2.24) is 0 Å². The van der Waals surface area contributed by atoms with Crippen LogP contribution in [0.25, 0.3) is 0 Å². The summed E-state index contributed by atoms with van der Waals surface area (Å²) in [6.45, 7) is 9.57. The third-order valence-electron chi connectivity index (χ3n) is 3.08. The molecule has 1 N–H and O–H groups in total. The summed E-state index contributed by atoms with van der Waals surface area (Å²) in [5.41, 5.74) is 1.09. The van der Waals surface area contributed by atoms with Crippen LogP contribution in [0.5, 0.6) is 0 Å². The zero-order chi connectivity index (χ0) is 16.2. The van der Waals surface area contributed by atoms with Crippen molar-refractivity contribution in [3.63, 3.8) is 0 Å². The average molecular weight is 333 g/mol. The molecular formula is C14H23NO4S2. The number of carbonyl (C=O) groups excluding carboxylic acids is 1. The fourth-order valence-electron chi connectivity index (χ4n) is 1.73. The van der Waals surface area contributed by atoms with Gasteiger partial charge in [-0.15, -0.1) is 11.3 Å². The number of ether oxygens (including phenoxy) is 1. The molecule has 0 unspecified atom stereocenters. The van der Waals surface area contributed by atoms with Crippen LogP contribution < -0.4 is 4.72 Å². The number of carbonyl (C=O) groups is 1. The first-order valence-electron chi connectivity index (χ1n) is 6.95. The minimum atomic E-state index is -3.45. The van der Waals surface area contributed by atoms with Crippen molar-refractivity contribution in [2.45, 2.75) is 41.0 Å². The number of hydrogen-bond donors (Lipinski definition) is 1. The van der Waals surface area contributed by atoms with Gasteiger partial charge in [0.1, 0.15) is 5.00 Å². The highest BCUT2D eigenvalue weighted by molar-refractivity contribution is 7.92. The molecular weight excluding hydrogens is 310 g/mol. The van der Waals surface area contributed by atoms with Gasteiger partial charge in [-0.05, 0) is 38.7 Å². The SMILES string of the molecule is CCOC(=O)c1c(NS(=O)(=O)CCC(C)C)sc(C)c1C. The Morgan fingerprint density at radius 3 is 2.48 bits per heavy atom. The van der Waals surface area contributed by atoms with Crippen molar-refractivity contribution >= 4 is 32.3 Å². The third-order valence-corrected chi connectivity index (χ3v) is 5.62. The topological polar surface area (TPSA) is 72.5 Å². The predicted octanol–water partition coefficient (Wildman–Crippen LogP) is 3.33. The number of sulfonamides is 1. The lowest BCUT2D eigenvalue weighted by Gasteiger charge is -2.10. The second kappa shape index (κ2) is 7.26. The van der Waals surface area contributed by atoms with Gasteiger partial charge in [0.05, 0.1) is 17.9 Å². The average Bonchev–Trinajstić information content (AvgIpc) is 2.62. The van der Waals surface area contributed by atoms with E-state index >= 15 is 0 Å². The van der Waals surface area contributed by atoms with E-state index in [2.05, 4.69) is 4.72 Å².